The molecule has 0 aliphatic carbocycles. The summed E-state index contributed by atoms with van der Waals surface area (Å²) >= 11 is 0. The monoisotopic (exact) mass is 257 g/mol. The Morgan fingerprint density at radius 3 is 2.63 bits per heavy atom. The smallest absolute Gasteiger partial charge is 0.226 e. The first-order valence-corrected chi connectivity index (χ1v) is 6.24. The summed E-state index contributed by atoms with van der Waals surface area (Å²) in [4.78, 5) is 8.03. The van der Waals surface area contributed by atoms with Crippen molar-refractivity contribution < 1.29 is 4.74 Å². The van der Waals surface area contributed by atoms with Crippen LogP contribution in [0.2, 0.25) is 0 Å². The van der Waals surface area contributed by atoms with E-state index in [4.69, 9.17) is 10.5 Å². The molecule has 4 heteroatoms. The molecule has 2 N–H and O–H groups in total. The molecule has 0 aliphatic heterocycles. The number of nitrogen functional groups attached to an aromatic ring is 1. The predicted molar refractivity (Wildman–Crippen MR) is 76.4 cm³/mol. The van der Waals surface area contributed by atoms with Crippen molar-refractivity contribution in [3.63, 3.8) is 0 Å². The lowest BCUT2D eigenvalue weighted by Crippen LogP contribution is -2.10. The highest BCUT2D eigenvalue weighted by Gasteiger charge is 2.14. The molecular weight excluding hydrogens is 238 g/mol. The van der Waals surface area contributed by atoms with Crippen LogP contribution < -0.4 is 10.5 Å². The number of rotatable bonds is 2. The van der Waals surface area contributed by atoms with Gasteiger partial charge in [0.05, 0.1) is 0 Å². The summed E-state index contributed by atoms with van der Waals surface area (Å²) in [6.07, 6.45) is 1.66. The molecule has 2 aromatic rings. The Bertz CT molecular complexity index is 588. The Hall–Kier alpha value is -2.10. The van der Waals surface area contributed by atoms with Crippen molar-refractivity contribution in [3.8, 4) is 11.6 Å². The van der Waals surface area contributed by atoms with Gasteiger partial charge in [0.2, 0.25) is 11.8 Å². The second-order valence-corrected chi connectivity index (χ2v) is 5.60. The standard InChI is InChI=1S/C15H19N3O/c1-10-9-17-14(16)18-13(10)19-12-7-5-6-11(8-12)15(2,3)4/h5-9H,1-4H3,(H2,16,17,18). The zero-order valence-corrected chi connectivity index (χ0v) is 11.8. The fourth-order valence-electron chi connectivity index (χ4n) is 1.68. The van der Waals surface area contributed by atoms with Gasteiger partial charge < -0.3 is 10.5 Å². The molecule has 100 valence electrons. The van der Waals surface area contributed by atoms with Crippen LogP contribution in [0.15, 0.2) is 30.5 Å². The molecule has 0 saturated heterocycles. The number of hydrogen-bond donors (Lipinski definition) is 1. The van der Waals surface area contributed by atoms with Gasteiger partial charge in [-0.15, -0.1) is 0 Å². The summed E-state index contributed by atoms with van der Waals surface area (Å²) in [7, 11) is 0. The quantitative estimate of drug-likeness (QED) is 0.895. The third-order valence-corrected chi connectivity index (χ3v) is 2.86. The van der Waals surface area contributed by atoms with Crippen molar-refractivity contribution >= 4 is 5.95 Å². The highest BCUT2D eigenvalue weighted by atomic mass is 16.5. The van der Waals surface area contributed by atoms with Gasteiger partial charge in [0, 0.05) is 11.8 Å². The maximum Gasteiger partial charge on any atom is 0.226 e. The molecule has 1 aromatic carbocycles. The highest BCUT2D eigenvalue weighted by molar-refractivity contribution is 5.37. The zero-order valence-electron chi connectivity index (χ0n) is 11.8. The zero-order chi connectivity index (χ0) is 14.0. The number of nitrogens with zero attached hydrogens (tertiary/aromatic N) is 2. The lowest BCUT2D eigenvalue weighted by atomic mass is 9.87. The fraction of sp³-hybridized carbons (Fsp3) is 0.333. The molecule has 0 amide bonds. The van der Waals surface area contributed by atoms with E-state index in [1.165, 1.54) is 5.56 Å². The molecule has 0 atom stereocenters. The van der Waals surface area contributed by atoms with Crippen molar-refractivity contribution in [2.75, 3.05) is 5.73 Å². The number of nitrogens with two attached hydrogens (primary N) is 1. The maximum atomic E-state index is 5.79. The minimum Gasteiger partial charge on any atom is -0.439 e. The predicted octanol–water partition coefficient (Wildman–Crippen LogP) is 3.46. The molecule has 0 unspecified atom stereocenters. The van der Waals surface area contributed by atoms with Gasteiger partial charge in [0.1, 0.15) is 5.75 Å². The molecule has 0 saturated carbocycles. The van der Waals surface area contributed by atoms with E-state index in [1.54, 1.807) is 6.20 Å². The Morgan fingerprint density at radius 2 is 1.95 bits per heavy atom. The van der Waals surface area contributed by atoms with Crippen LogP contribution in [0, 0.1) is 6.92 Å². The summed E-state index contributed by atoms with van der Waals surface area (Å²) in [5.74, 6) is 1.47. The lowest BCUT2D eigenvalue weighted by molar-refractivity contribution is 0.455. The normalized spacial score (nSPS) is 11.4. The van der Waals surface area contributed by atoms with E-state index in [2.05, 4.69) is 36.8 Å². The molecule has 0 bridgehead atoms. The largest absolute Gasteiger partial charge is 0.439 e. The molecule has 0 radical (unpaired) electrons. The average Bonchev–Trinajstić information content (AvgIpc) is 2.33. The topological polar surface area (TPSA) is 61.0 Å². The van der Waals surface area contributed by atoms with Gasteiger partial charge in [-0.25, -0.2) is 4.98 Å². The number of hydrogen-bond acceptors (Lipinski definition) is 4. The summed E-state index contributed by atoms with van der Waals surface area (Å²) < 4.78 is 5.79. The van der Waals surface area contributed by atoms with E-state index in [-0.39, 0.29) is 11.4 Å². The highest BCUT2D eigenvalue weighted by Crippen LogP contribution is 2.28. The van der Waals surface area contributed by atoms with E-state index >= 15 is 0 Å². The van der Waals surface area contributed by atoms with Gasteiger partial charge in [0.15, 0.2) is 0 Å². The molecule has 4 nitrogen and oxygen atoms in total. The van der Waals surface area contributed by atoms with Crippen LogP contribution in [0.1, 0.15) is 31.9 Å². The summed E-state index contributed by atoms with van der Waals surface area (Å²) in [6, 6.07) is 8.01. The molecule has 0 aliphatic rings. The van der Waals surface area contributed by atoms with E-state index in [1.807, 2.05) is 25.1 Å². The maximum absolute atomic E-state index is 5.79. The number of aryl methyl sites for hydroxylation is 1. The van der Waals surface area contributed by atoms with E-state index < -0.39 is 0 Å². The van der Waals surface area contributed by atoms with Gasteiger partial charge in [-0.05, 0) is 30.0 Å². The van der Waals surface area contributed by atoms with E-state index in [0.29, 0.717) is 5.88 Å². The number of aromatic nitrogens is 2. The molecule has 19 heavy (non-hydrogen) atoms. The minimum atomic E-state index is 0.0825. The van der Waals surface area contributed by atoms with Crippen LogP contribution in [-0.4, -0.2) is 9.97 Å². The average molecular weight is 257 g/mol. The van der Waals surface area contributed by atoms with Gasteiger partial charge in [-0.1, -0.05) is 32.9 Å². The summed E-state index contributed by atoms with van der Waals surface area (Å²) in [5, 5.41) is 0. The first-order valence-electron chi connectivity index (χ1n) is 6.24. The van der Waals surface area contributed by atoms with Gasteiger partial charge >= 0.3 is 0 Å². The molecule has 1 heterocycles. The third-order valence-electron chi connectivity index (χ3n) is 2.86. The van der Waals surface area contributed by atoms with Crippen molar-refractivity contribution in [1.82, 2.24) is 9.97 Å². The Balaban J connectivity index is 2.31. The van der Waals surface area contributed by atoms with Crippen molar-refractivity contribution in [1.29, 1.82) is 0 Å². The van der Waals surface area contributed by atoms with Crippen LogP contribution in [0.3, 0.4) is 0 Å². The summed E-state index contributed by atoms with van der Waals surface area (Å²) in [6.45, 7) is 8.39. The molecule has 1 aromatic heterocycles. The van der Waals surface area contributed by atoms with E-state index in [0.717, 1.165) is 11.3 Å². The second-order valence-electron chi connectivity index (χ2n) is 5.60. The number of anilines is 1. The van der Waals surface area contributed by atoms with Crippen LogP contribution >= 0.6 is 0 Å². The van der Waals surface area contributed by atoms with Crippen LogP contribution in [0.25, 0.3) is 0 Å². The van der Waals surface area contributed by atoms with Gasteiger partial charge in [-0.2, -0.15) is 4.98 Å². The number of benzene rings is 1. The SMILES string of the molecule is Cc1cnc(N)nc1Oc1cccc(C(C)(C)C)c1. The molecular formula is C15H19N3O. The Labute approximate surface area is 113 Å². The fourth-order valence-corrected chi connectivity index (χ4v) is 1.68. The first kappa shape index (κ1) is 13.3. The van der Waals surface area contributed by atoms with E-state index in [9.17, 15) is 0 Å². The Kier molecular flexibility index (Phi) is 3.42. The second kappa shape index (κ2) is 4.88. The van der Waals surface area contributed by atoms with Crippen molar-refractivity contribution in [2.45, 2.75) is 33.1 Å². The Morgan fingerprint density at radius 1 is 1.21 bits per heavy atom. The van der Waals surface area contributed by atoms with Gasteiger partial charge in [-0.3, -0.25) is 0 Å². The van der Waals surface area contributed by atoms with Crippen LogP contribution in [-0.2, 0) is 5.41 Å². The lowest BCUT2D eigenvalue weighted by Gasteiger charge is -2.19. The van der Waals surface area contributed by atoms with Gasteiger partial charge in [0.25, 0.3) is 0 Å². The minimum absolute atomic E-state index is 0.0825. The summed E-state index contributed by atoms with van der Waals surface area (Å²) in [5.41, 5.74) is 7.73. The van der Waals surface area contributed by atoms with Crippen molar-refractivity contribution in [2.24, 2.45) is 0 Å². The molecule has 2 rings (SSSR count). The van der Waals surface area contributed by atoms with Crippen LogP contribution in [0.5, 0.6) is 11.6 Å². The molecule has 0 fully saturated rings. The number of ether oxygens (including phenoxy) is 1. The van der Waals surface area contributed by atoms with Crippen molar-refractivity contribution in [3.05, 3.63) is 41.6 Å². The third kappa shape index (κ3) is 3.22. The molecule has 0 spiro atoms. The first-order chi connectivity index (χ1) is 8.86. The van der Waals surface area contributed by atoms with Crippen LogP contribution in [0.4, 0.5) is 5.95 Å².